The molecule has 0 aliphatic rings. The van der Waals surface area contributed by atoms with Gasteiger partial charge in [0, 0.05) is 5.92 Å². The van der Waals surface area contributed by atoms with Gasteiger partial charge in [0.1, 0.15) is 0 Å². The Morgan fingerprint density at radius 2 is 2.00 bits per heavy atom. The summed E-state index contributed by atoms with van der Waals surface area (Å²) in [5.74, 6) is 0.770. The molecule has 72 valence electrons. The highest BCUT2D eigenvalue weighted by Gasteiger charge is 2.13. The van der Waals surface area contributed by atoms with E-state index in [9.17, 15) is 5.11 Å². The summed E-state index contributed by atoms with van der Waals surface area (Å²) in [5, 5.41) is 9.24. The molecule has 0 aliphatic heterocycles. The van der Waals surface area contributed by atoms with Crippen molar-refractivity contribution in [2.45, 2.75) is 26.7 Å². The second-order valence-electron chi connectivity index (χ2n) is 3.95. The van der Waals surface area contributed by atoms with Gasteiger partial charge in [-0.2, -0.15) is 0 Å². The van der Waals surface area contributed by atoms with Gasteiger partial charge in [-0.3, -0.25) is 0 Å². The standard InChI is InChI=1S/C12H18O/c1-9(2)12(8-13)11-6-4-5-10(3)7-11/h4-7,9,12-13H,8H2,1-3H3/t12-/m0/s1. The Bertz CT molecular complexity index is 266. The molecule has 0 amide bonds. The third-order valence-corrected chi connectivity index (χ3v) is 2.47. The first-order valence-corrected chi connectivity index (χ1v) is 4.82. The third kappa shape index (κ3) is 2.56. The Morgan fingerprint density at radius 3 is 2.46 bits per heavy atom. The van der Waals surface area contributed by atoms with Gasteiger partial charge in [-0.15, -0.1) is 0 Å². The number of hydrogen-bond donors (Lipinski definition) is 1. The Morgan fingerprint density at radius 1 is 1.31 bits per heavy atom. The fourth-order valence-electron chi connectivity index (χ4n) is 1.60. The highest BCUT2D eigenvalue weighted by atomic mass is 16.3. The topological polar surface area (TPSA) is 20.2 Å². The third-order valence-electron chi connectivity index (χ3n) is 2.47. The molecule has 1 atom stereocenters. The van der Waals surface area contributed by atoms with E-state index in [0.717, 1.165) is 0 Å². The van der Waals surface area contributed by atoms with Crippen molar-refractivity contribution in [2.75, 3.05) is 6.61 Å². The van der Waals surface area contributed by atoms with Crippen LogP contribution in [0.5, 0.6) is 0 Å². The van der Waals surface area contributed by atoms with Crippen LogP contribution >= 0.6 is 0 Å². The number of aliphatic hydroxyl groups excluding tert-OH is 1. The quantitative estimate of drug-likeness (QED) is 0.754. The largest absolute Gasteiger partial charge is 0.396 e. The maximum absolute atomic E-state index is 9.24. The summed E-state index contributed by atoms with van der Waals surface area (Å²) < 4.78 is 0. The monoisotopic (exact) mass is 178 g/mol. The minimum Gasteiger partial charge on any atom is -0.396 e. The number of benzene rings is 1. The second kappa shape index (κ2) is 4.43. The molecule has 1 heteroatoms. The van der Waals surface area contributed by atoms with Crippen LogP contribution < -0.4 is 0 Å². The van der Waals surface area contributed by atoms with Crippen molar-refractivity contribution in [1.82, 2.24) is 0 Å². The Balaban J connectivity index is 2.91. The molecule has 0 heterocycles. The molecule has 0 unspecified atom stereocenters. The van der Waals surface area contributed by atoms with Gasteiger partial charge in [-0.1, -0.05) is 43.7 Å². The van der Waals surface area contributed by atoms with E-state index in [0.29, 0.717) is 5.92 Å². The minimum absolute atomic E-state index is 0.237. The van der Waals surface area contributed by atoms with Crippen molar-refractivity contribution in [1.29, 1.82) is 0 Å². The molecule has 1 nitrogen and oxygen atoms in total. The molecule has 0 spiro atoms. The lowest BCUT2D eigenvalue weighted by Crippen LogP contribution is -2.11. The molecular formula is C12H18O. The van der Waals surface area contributed by atoms with Crippen LogP contribution in [0.3, 0.4) is 0 Å². The van der Waals surface area contributed by atoms with E-state index in [1.807, 2.05) is 0 Å². The van der Waals surface area contributed by atoms with Crippen molar-refractivity contribution in [2.24, 2.45) is 5.92 Å². The molecule has 0 saturated heterocycles. The van der Waals surface area contributed by atoms with Crippen molar-refractivity contribution in [3.8, 4) is 0 Å². The maximum Gasteiger partial charge on any atom is 0.0502 e. The molecule has 1 N–H and O–H groups in total. The molecule has 1 aromatic rings. The van der Waals surface area contributed by atoms with Gasteiger partial charge in [0.25, 0.3) is 0 Å². The average molecular weight is 178 g/mol. The van der Waals surface area contributed by atoms with Gasteiger partial charge in [0.15, 0.2) is 0 Å². The van der Waals surface area contributed by atoms with E-state index in [1.54, 1.807) is 0 Å². The molecule has 13 heavy (non-hydrogen) atoms. The lowest BCUT2D eigenvalue weighted by Gasteiger charge is -2.18. The summed E-state index contributed by atoms with van der Waals surface area (Å²) in [6.45, 7) is 6.60. The van der Waals surface area contributed by atoms with Gasteiger partial charge in [-0.05, 0) is 18.4 Å². The Hall–Kier alpha value is -0.820. The molecular weight excluding hydrogens is 160 g/mol. The minimum atomic E-state index is 0.237. The van der Waals surface area contributed by atoms with Gasteiger partial charge in [0.05, 0.1) is 6.61 Å². The first-order valence-electron chi connectivity index (χ1n) is 4.82. The van der Waals surface area contributed by atoms with Crippen LogP contribution in [0.25, 0.3) is 0 Å². The van der Waals surface area contributed by atoms with Gasteiger partial charge in [-0.25, -0.2) is 0 Å². The van der Waals surface area contributed by atoms with Crippen molar-refractivity contribution >= 4 is 0 Å². The summed E-state index contributed by atoms with van der Waals surface area (Å²) in [6.07, 6.45) is 0. The molecule has 0 fully saturated rings. The summed E-state index contributed by atoms with van der Waals surface area (Å²) in [4.78, 5) is 0. The number of rotatable bonds is 3. The zero-order chi connectivity index (χ0) is 9.84. The summed E-state index contributed by atoms with van der Waals surface area (Å²) in [7, 11) is 0. The lowest BCUT2D eigenvalue weighted by atomic mass is 9.88. The number of hydrogen-bond acceptors (Lipinski definition) is 1. The fraction of sp³-hybridized carbons (Fsp3) is 0.500. The van der Waals surface area contributed by atoms with Crippen LogP contribution in [0.15, 0.2) is 24.3 Å². The zero-order valence-corrected chi connectivity index (χ0v) is 8.62. The Kier molecular flexibility index (Phi) is 3.49. The van der Waals surface area contributed by atoms with Crippen LogP contribution in [0.1, 0.15) is 30.9 Å². The summed E-state index contributed by atoms with van der Waals surface area (Å²) in [6, 6.07) is 8.38. The van der Waals surface area contributed by atoms with Gasteiger partial charge in [0.2, 0.25) is 0 Å². The predicted octanol–water partition coefficient (Wildman–Crippen LogP) is 2.73. The molecule has 1 aromatic carbocycles. The maximum atomic E-state index is 9.24. The average Bonchev–Trinajstić information content (AvgIpc) is 2.04. The highest BCUT2D eigenvalue weighted by molar-refractivity contribution is 5.25. The fourth-order valence-corrected chi connectivity index (χ4v) is 1.60. The van der Waals surface area contributed by atoms with E-state index in [2.05, 4.69) is 45.0 Å². The lowest BCUT2D eigenvalue weighted by molar-refractivity contribution is 0.237. The van der Waals surface area contributed by atoms with E-state index in [1.165, 1.54) is 11.1 Å². The highest BCUT2D eigenvalue weighted by Crippen LogP contribution is 2.24. The van der Waals surface area contributed by atoms with E-state index in [-0.39, 0.29) is 12.5 Å². The molecule has 0 aliphatic carbocycles. The first kappa shape index (κ1) is 10.3. The normalized spacial score (nSPS) is 13.3. The molecule has 1 rings (SSSR count). The van der Waals surface area contributed by atoms with Crippen LogP contribution in [0.4, 0.5) is 0 Å². The zero-order valence-electron chi connectivity index (χ0n) is 8.62. The van der Waals surface area contributed by atoms with Crippen LogP contribution in [0.2, 0.25) is 0 Å². The van der Waals surface area contributed by atoms with Gasteiger partial charge < -0.3 is 5.11 Å². The van der Waals surface area contributed by atoms with Gasteiger partial charge >= 0.3 is 0 Å². The smallest absolute Gasteiger partial charge is 0.0502 e. The number of aliphatic hydroxyl groups is 1. The van der Waals surface area contributed by atoms with E-state index < -0.39 is 0 Å². The van der Waals surface area contributed by atoms with Crippen LogP contribution in [-0.4, -0.2) is 11.7 Å². The van der Waals surface area contributed by atoms with E-state index in [4.69, 9.17) is 0 Å². The van der Waals surface area contributed by atoms with Crippen molar-refractivity contribution in [3.63, 3.8) is 0 Å². The molecule has 0 aromatic heterocycles. The Labute approximate surface area is 80.4 Å². The molecule has 0 radical (unpaired) electrons. The summed E-state index contributed by atoms with van der Waals surface area (Å²) in [5.41, 5.74) is 2.51. The van der Waals surface area contributed by atoms with Crippen molar-refractivity contribution < 1.29 is 5.11 Å². The van der Waals surface area contributed by atoms with Crippen molar-refractivity contribution in [3.05, 3.63) is 35.4 Å². The van der Waals surface area contributed by atoms with E-state index >= 15 is 0 Å². The van der Waals surface area contributed by atoms with Crippen LogP contribution in [-0.2, 0) is 0 Å². The second-order valence-corrected chi connectivity index (χ2v) is 3.95. The number of aryl methyl sites for hydroxylation is 1. The summed E-state index contributed by atoms with van der Waals surface area (Å²) >= 11 is 0. The predicted molar refractivity (Wildman–Crippen MR) is 55.8 cm³/mol. The SMILES string of the molecule is Cc1cccc([C@@H](CO)C(C)C)c1. The first-order chi connectivity index (χ1) is 6.15. The molecule has 0 saturated carbocycles. The molecule has 0 bridgehead atoms. The van der Waals surface area contributed by atoms with Crippen LogP contribution in [0, 0.1) is 12.8 Å².